The smallest absolute Gasteiger partial charge is 0.232 e. The van der Waals surface area contributed by atoms with E-state index in [2.05, 4.69) is 27.1 Å². The van der Waals surface area contributed by atoms with Crippen molar-refractivity contribution in [3.63, 3.8) is 0 Å². The topological polar surface area (TPSA) is 71.2 Å². The van der Waals surface area contributed by atoms with E-state index in [9.17, 15) is 5.11 Å². The van der Waals surface area contributed by atoms with Crippen LogP contribution in [0.4, 0.5) is 5.88 Å². The van der Waals surface area contributed by atoms with E-state index in [0.29, 0.717) is 26.2 Å². The van der Waals surface area contributed by atoms with E-state index in [0.717, 1.165) is 59.9 Å². The van der Waals surface area contributed by atoms with Gasteiger partial charge in [0.15, 0.2) is 0 Å². The van der Waals surface area contributed by atoms with Gasteiger partial charge in [-0.1, -0.05) is 53.7 Å². The Hall–Kier alpha value is -2.87. The van der Waals surface area contributed by atoms with Gasteiger partial charge in [0.25, 0.3) is 0 Å². The van der Waals surface area contributed by atoms with E-state index < -0.39 is 6.10 Å². The first-order chi connectivity index (χ1) is 17.2. The van der Waals surface area contributed by atoms with E-state index in [-0.39, 0.29) is 6.61 Å². The highest BCUT2D eigenvalue weighted by Gasteiger charge is 2.26. The molecule has 35 heavy (non-hydrogen) atoms. The molecule has 2 heterocycles. The summed E-state index contributed by atoms with van der Waals surface area (Å²) in [6.45, 7) is 6.47. The molecule has 1 N–H and O–H groups in total. The zero-order valence-corrected chi connectivity index (χ0v) is 20.9. The first-order valence-corrected chi connectivity index (χ1v) is 12.5. The van der Waals surface area contributed by atoms with Crippen LogP contribution >= 0.6 is 0 Å². The third kappa shape index (κ3) is 6.84. The minimum Gasteiger partial charge on any atom is -0.491 e. The molecule has 3 aromatic rings. The Morgan fingerprint density at radius 3 is 2.54 bits per heavy atom. The third-order valence-electron chi connectivity index (χ3n) is 6.45. The van der Waals surface area contributed by atoms with Crippen molar-refractivity contribution in [2.45, 2.75) is 38.8 Å². The van der Waals surface area contributed by atoms with Gasteiger partial charge in [0.1, 0.15) is 24.2 Å². The van der Waals surface area contributed by atoms with Gasteiger partial charge in [-0.3, -0.25) is 4.90 Å². The van der Waals surface area contributed by atoms with Gasteiger partial charge in [0, 0.05) is 45.4 Å². The Kier molecular flexibility index (Phi) is 9.17. The van der Waals surface area contributed by atoms with E-state index in [1.54, 1.807) is 7.11 Å². The second kappa shape index (κ2) is 12.7. The van der Waals surface area contributed by atoms with Crippen molar-refractivity contribution in [2.75, 3.05) is 51.4 Å². The summed E-state index contributed by atoms with van der Waals surface area (Å²) in [5.74, 6) is 1.64. The van der Waals surface area contributed by atoms with Crippen LogP contribution in [0, 0.1) is 6.92 Å². The molecule has 7 heteroatoms. The van der Waals surface area contributed by atoms with E-state index in [1.165, 1.54) is 6.42 Å². The van der Waals surface area contributed by atoms with Crippen LogP contribution in [0.3, 0.4) is 0 Å². The first-order valence-electron chi connectivity index (χ1n) is 12.5. The maximum Gasteiger partial charge on any atom is 0.232 e. The van der Waals surface area contributed by atoms with Gasteiger partial charge < -0.3 is 24.0 Å². The van der Waals surface area contributed by atoms with Crippen LogP contribution in [0.1, 0.15) is 30.4 Å². The number of aryl methyl sites for hydroxylation is 1. The number of aromatic nitrogens is 1. The van der Waals surface area contributed by atoms with Crippen LogP contribution in [-0.2, 0) is 11.3 Å². The van der Waals surface area contributed by atoms with Crippen molar-refractivity contribution in [1.82, 2.24) is 10.1 Å². The number of aliphatic hydroxyl groups excluding tert-OH is 1. The molecule has 0 spiro atoms. The van der Waals surface area contributed by atoms with Crippen LogP contribution in [0.25, 0.3) is 11.3 Å². The van der Waals surface area contributed by atoms with Crippen molar-refractivity contribution in [1.29, 1.82) is 0 Å². The Labute approximate surface area is 208 Å². The Morgan fingerprint density at radius 1 is 1.06 bits per heavy atom. The Morgan fingerprint density at radius 2 is 1.80 bits per heavy atom. The van der Waals surface area contributed by atoms with Crippen molar-refractivity contribution >= 4 is 5.88 Å². The SMILES string of the molecule is COCCN(Cc1c(-c2ccccc2)noc1N1CCCCC1)CC(O)COc1ccccc1C. The van der Waals surface area contributed by atoms with Gasteiger partial charge in [-0.2, -0.15) is 0 Å². The van der Waals surface area contributed by atoms with Gasteiger partial charge in [-0.05, 0) is 37.8 Å². The molecule has 2 aromatic carbocycles. The number of hydrogen-bond donors (Lipinski definition) is 1. The van der Waals surface area contributed by atoms with E-state index in [4.69, 9.17) is 14.0 Å². The molecule has 1 aliphatic rings. The lowest BCUT2D eigenvalue weighted by molar-refractivity contribution is 0.0541. The number of methoxy groups -OCH3 is 1. The maximum absolute atomic E-state index is 10.8. The molecule has 0 saturated carbocycles. The third-order valence-corrected chi connectivity index (χ3v) is 6.45. The predicted octanol–water partition coefficient (Wildman–Crippen LogP) is 4.53. The maximum atomic E-state index is 10.8. The minimum absolute atomic E-state index is 0.225. The zero-order valence-electron chi connectivity index (χ0n) is 20.9. The van der Waals surface area contributed by atoms with Gasteiger partial charge in [0.05, 0.1) is 12.2 Å². The summed E-state index contributed by atoms with van der Waals surface area (Å²) in [7, 11) is 1.70. The lowest BCUT2D eigenvalue weighted by Gasteiger charge is -2.29. The van der Waals surface area contributed by atoms with E-state index >= 15 is 0 Å². The predicted molar refractivity (Wildman–Crippen MR) is 138 cm³/mol. The van der Waals surface area contributed by atoms with Crippen LogP contribution in [-0.4, -0.2) is 67.8 Å². The average molecular weight is 480 g/mol. The van der Waals surface area contributed by atoms with Gasteiger partial charge in [0.2, 0.25) is 5.88 Å². The molecule has 0 bridgehead atoms. The second-order valence-corrected chi connectivity index (χ2v) is 9.19. The van der Waals surface area contributed by atoms with Crippen LogP contribution in [0.2, 0.25) is 0 Å². The minimum atomic E-state index is -0.648. The number of piperidine rings is 1. The number of ether oxygens (including phenoxy) is 2. The summed E-state index contributed by atoms with van der Waals surface area (Å²) in [6.07, 6.45) is 2.91. The number of nitrogens with zero attached hydrogens (tertiary/aromatic N) is 3. The molecule has 1 aliphatic heterocycles. The van der Waals surface area contributed by atoms with Crippen LogP contribution in [0.15, 0.2) is 59.1 Å². The molecule has 1 unspecified atom stereocenters. The molecule has 1 atom stereocenters. The van der Waals surface area contributed by atoms with Crippen molar-refractivity contribution in [3.8, 4) is 17.0 Å². The molecule has 1 fully saturated rings. The fourth-order valence-corrected chi connectivity index (χ4v) is 4.55. The molecule has 1 saturated heterocycles. The van der Waals surface area contributed by atoms with Gasteiger partial charge in [-0.25, -0.2) is 0 Å². The number of hydrogen-bond acceptors (Lipinski definition) is 7. The number of aliphatic hydroxyl groups is 1. The largest absolute Gasteiger partial charge is 0.491 e. The van der Waals surface area contributed by atoms with Crippen LogP contribution in [0.5, 0.6) is 5.75 Å². The number of rotatable bonds is 12. The van der Waals surface area contributed by atoms with Crippen molar-refractivity contribution < 1.29 is 19.1 Å². The molecule has 1 aromatic heterocycles. The standard InChI is InChI=1S/C28H37N3O4/c1-22-11-7-8-14-26(22)34-21-24(32)19-30(17-18-33-2)20-25-27(23-12-5-3-6-13-23)29-35-28(25)31-15-9-4-10-16-31/h3,5-8,11-14,24,32H,4,9-10,15-21H2,1-2H3. The fraction of sp³-hybridized carbons (Fsp3) is 0.464. The monoisotopic (exact) mass is 479 g/mol. The summed E-state index contributed by atoms with van der Waals surface area (Å²) in [4.78, 5) is 4.51. The molecule has 188 valence electrons. The van der Waals surface area contributed by atoms with Crippen molar-refractivity contribution in [2.24, 2.45) is 0 Å². The van der Waals surface area contributed by atoms with Crippen molar-refractivity contribution in [3.05, 3.63) is 65.7 Å². The summed E-state index contributed by atoms with van der Waals surface area (Å²) < 4.78 is 17.2. The van der Waals surface area contributed by atoms with E-state index in [1.807, 2.05) is 49.4 Å². The summed E-state index contributed by atoms with van der Waals surface area (Å²) >= 11 is 0. The normalized spacial score (nSPS) is 14.9. The second-order valence-electron chi connectivity index (χ2n) is 9.19. The Bertz CT molecular complexity index is 1030. The molecule has 0 amide bonds. The van der Waals surface area contributed by atoms with Crippen LogP contribution < -0.4 is 9.64 Å². The summed E-state index contributed by atoms with van der Waals surface area (Å²) in [5.41, 5.74) is 4.00. The van der Waals surface area contributed by atoms with Gasteiger partial charge >= 0.3 is 0 Å². The molecular weight excluding hydrogens is 442 g/mol. The number of para-hydroxylation sites is 1. The average Bonchev–Trinajstić information content (AvgIpc) is 3.31. The Balaban J connectivity index is 1.52. The zero-order chi connectivity index (χ0) is 24.5. The lowest BCUT2D eigenvalue weighted by Crippen LogP contribution is -2.38. The quantitative estimate of drug-likeness (QED) is 0.409. The summed E-state index contributed by atoms with van der Waals surface area (Å²) in [5, 5.41) is 15.3. The highest BCUT2D eigenvalue weighted by atomic mass is 16.5. The molecule has 4 rings (SSSR count). The highest BCUT2D eigenvalue weighted by molar-refractivity contribution is 5.68. The molecule has 0 aliphatic carbocycles. The highest BCUT2D eigenvalue weighted by Crippen LogP contribution is 2.34. The molecule has 7 nitrogen and oxygen atoms in total. The lowest BCUT2D eigenvalue weighted by atomic mass is 10.1. The fourth-order valence-electron chi connectivity index (χ4n) is 4.55. The number of anilines is 1. The summed E-state index contributed by atoms with van der Waals surface area (Å²) in [6, 6.07) is 18.0. The molecular formula is C28H37N3O4. The first kappa shape index (κ1) is 25.2. The van der Waals surface area contributed by atoms with Gasteiger partial charge in [-0.15, -0.1) is 0 Å². The number of benzene rings is 2. The molecule has 0 radical (unpaired) electrons.